The highest BCUT2D eigenvalue weighted by Crippen LogP contribution is 2.29. The standard InChI is InChI=1S/C14H9ClFNO/c15-13-5-4-11(16)7-12(13)14(18)10-3-1-2-9(6-10)8-17/h1-7,14,18H. The Hall–Kier alpha value is -1.89. The van der Waals surface area contributed by atoms with Gasteiger partial charge in [-0.15, -0.1) is 0 Å². The van der Waals surface area contributed by atoms with E-state index in [1.807, 2.05) is 6.07 Å². The first-order valence-electron chi connectivity index (χ1n) is 5.25. The molecule has 0 aliphatic rings. The van der Waals surface area contributed by atoms with Crippen molar-refractivity contribution in [1.82, 2.24) is 0 Å². The third-order valence-corrected chi connectivity index (χ3v) is 2.93. The van der Waals surface area contributed by atoms with E-state index < -0.39 is 11.9 Å². The maximum atomic E-state index is 13.1. The molecule has 18 heavy (non-hydrogen) atoms. The number of aliphatic hydroxyl groups is 1. The summed E-state index contributed by atoms with van der Waals surface area (Å²) < 4.78 is 13.1. The van der Waals surface area contributed by atoms with Crippen LogP contribution in [0.4, 0.5) is 4.39 Å². The summed E-state index contributed by atoms with van der Waals surface area (Å²) in [6, 6.07) is 12.3. The number of benzene rings is 2. The average molecular weight is 262 g/mol. The molecule has 0 saturated heterocycles. The van der Waals surface area contributed by atoms with Gasteiger partial charge >= 0.3 is 0 Å². The smallest absolute Gasteiger partial charge is 0.123 e. The first kappa shape index (κ1) is 12.6. The van der Waals surface area contributed by atoms with Gasteiger partial charge in [0.05, 0.1) is 11.6 Å². The second-order valence-electron chi connectivity index (χ2n) is 3.81. The molecule has 0 aliphatic heterocycles. The average Bonchev–Trinajstić information content (AvgIpc) is 2.41. The largest absolute Gasteiger partial charge is 0.384 e. The molecule has 0 aliphatic carbocycles. The van der Waals surface area contributed by atoms with Crippen molar-refractivity contribution >= 4 is 11.6 Å². The lowest BCUT2D eigenvalue weighted by molar-refractivity contribution is 0.220. The van der Waals surface area contributed by atoms with E-state index in [4.69, 9.17) is 16.9 Å². The molecule has 2 aromatic rings. The number of hydrogen-bond donors (Lipinski definition) is 1. The molecule has 1 atom stereocenters. The Bertz CT molecular complexity index is 621. The van der Waals surface area contributed by atoms with E-state index >= 15 is 0 Å². The van der Waals surface area contributed by atoms with Gasteiger partial charge in [-0.25, -0.2) is 4.39 Å². The molecule has 2 aromatic carbocycles. The number of rotatable bonds is 2. The van der Waals surface area contributed by atoms with Crippen molar-refractivity contribution < 1.29 is 9.50 Å². The van der Waals surface area contributed by atoms with Crippen molar-refractivity contribution in [2.75, 3.05) is 0 Å². The molecule has 0 aromatic heterocycles. The predicted molar refractivity (Wildman–Crippen MR) is 66.6 cm³/mol. The summed E-state index contributed by atoms with van der Waals surface area (Å²) in [5, 5.41) is 19.2. The normalized spacial score (nSPS) is 11.9. The van der Waals surface area contributed by atoms with E-state index in [2.05, 4.69) is 0 Å². The molecule has 0 radical (unpaired) electrons. The van der Waals surface area contributed by atoms with Gasteiger partial charge in [0.25, 0.3) is 0 Å². The van der Waals surface area contributed by atoms with Crippen LogP contribution < -0.4 is 0 Å². The SMILES string of the molecule is N#Cc1cccc(C(O)c2cc(F)ccc2Cl)c1. The van der Waals surface area contributed by atoms with E-state index in [0.29, 0.717) is 11.1 Å². The lowest BCUT2D eigenvalue weighted by atomic mass is 10.00. The Labute approximate surface area is 109 Å². The summed E-state index contributed by atoms with van der Waals surface area (Å²) in [5.74, 6) is -0.468. The summed E-state index contributed by atoms with van der Waals surface area (Å²) >= 11 is 5.92. The molecule has 0 amide bonds. The van der Waals surface area contributed by atoms with Gasteiger partial charge in [0.2, 0.25) is 0 Å². The minimum atomic E-state index is -1.05. The van der Waals surface area contributed by atoms with Crippen molar-refractivity contribution in [2.24, 2.45) is 0 Å². The molecule has 0 saturated carbocycles. The van der Waals surface area contributed by atoms with Gasteiger partial charge in [-0.1, -0.05) is 23.7 Å². The second kappa shape index (κ2) is 5.18. The van der Waals surface area contributed by atoms with Crippen LogP contribution in [0.2, 0.25) is 5.02 Å². The van der Waals surface area contributed by atoms with E-state index in [1.165, 1.54) is 18.2 Å². The molecule has 1 N–H and O–H groups in total. The molecule has 0 heterocycles. The summed E-state index contributed by atoms with van der Waals surface area (Å²) in [6.07, 6.45) is -1.05. The second-order valence-corrected chi connectivity index (χ2v) is 4.21. The van der Waals surface area contributed by atoms with E-state index in [1.54, 1.807) is 24.3 Å². The van der Waals surface area contributed by atoms with E-state index in [0.717, 1.165) is 0 Å². The zero-order valence-corrected chi connectivity index (χ0v) is 10.0. The van der Waals surface area contributed by atoms with Crippen LogP contribution in [0.5, 0.6) is 0 Å². The third kappa shape index (κ3) is 2.51. The maximum Gasteiger partial charge on any atom is 0.123 e. The quantitative estimate of drug-likeness (QED) is 0.900. The molecular weight excluding hydrogens is 253 g/mol. The topological polar surface area (TPSA) is 44.0 Å². The summed E-state index contributed by atoms with van der Waals surface area (Å²) in [4.78, 5) is 0. The lowest BCUT2D eigenvalue weighted by Gasteiger charge is -2.13. The predicted octanol–water partition coefficient (Wildman–Crippen LogP) is 3.43. The fourth-order valence-corrected chi connectivity index (χ4v) is 1.90. The molecular formula is C14H9ClFNO. The monoisotopic (exact) mass is 261 g/mol. The van der Waals surface area contributed by atoms with Gasteiger partial charge in [-0.05, 0) is 35.9 Å². The molecule has 1 unspecified atom stereocenters. The third-order valence-electron chi connectivity index (χ3n) is 2.58. The molecule has 2 rings (SSSR count). The zero-order valence-electron chi connectivity index (χ0n) is 9.27. The number of nitrogens with zero attached hydrogens (tertiary/aromatic N) is 1. The molecule has 0 fully saturated rings. The Morgan fingerprint density at radius 1 is 1.22 bits per heavy atom. The Kier molecular flexibility index (Phi) is 3.61. The fourth-order valence-electron chi connectivity index (χ4n) is 1.68. The summed E-state index contributed by atoms with van der Waals surface area (Å²) in [5.41, 5.74) is 1.22. The van der Waals surface area contributed by atoms with Gasteiger partial charge in [-0.2, -0.15) is 5.26 Å². The van der Waals surface area contributed by atoms with Crippen molar-refractivity contribution in [2.45, 2.75) is 6.10 Å². The minimum absolute atomic E-state index is 0.284. The highest BCUT2D eigenvalue weighted by molar-refractivity contribution is 6.31. The molecule has 90 valence electrons. The lowest BCUT2D eigenvalue weighted by Crippen LogP contribution is -2.01. The van der Waals surface area contributed by atoms with Gasteiger partial charge < -0.3 is 5.11 Å². The Morgan fingerprint density at radius 3 is 2.72 bits per heavy atom. The van der Waals surface area contributed by atoms with E-state index in [-0.39, 0.29) is 10.6 Å². The molecule has 0 bridgehead atoms. The van der Waals surface area contributed by atoms with Crippen LogP contribution in [0.3, 0.4) is 0 Å². The van der Waals surface area contributed by atoms with Crippen LogP contribution in [0.25, 0.3) is 0 Å². The molecule has 2 nitrogen and oxygen atoms in total. The molecule has 0 spiro atoms. The first-order chi connectivity index (χ1) is 8.61. The van der Waals surface area contributed by atoms with E-state index in [9.17, 15) is 9.50 Å². The number of aliphatic hydroxyl groups excluding tert-OH is 1. The highest BCUT2D eigenvalue weighted by Gasteiger charge is 2.15. The van der Waals surface area contributed by atoms with Crippen LogP contribution in [0.15, 0.2) is 42.5 Å². The van der Waals surface area contributed by atoms with Gasteiger partial charge in [0.1, 0.15) is 11.9 Å². The first-order valence-corrected chi connectivity index (χ1v) is 5.62. The van der Waals surface area contributed by atoms with Crippen molar-refractivity contribution in [3.05, 3.63) is 70.0 Å². The zero-order chi connectivity index (χ0) is 13.1. The Balaban J connectivity index is 2.44. The van der Waals surface area contributed by atoms with Crippen LogP contribution in [-0.4, -0.2) is 5.11 Å². The summed E-state index contributed by atoms with van der Waals surface area (Å²) in [7, 11) is 0. The summed E-state index contributed by atoms with van der Waals surface area (Å²) in [6.45, 7) is 0. The van der Waals surface area contributed by atoms with Crippen LogP contribution in [-0.2, 0) is 0 Å². The van der Waals surface area contributed by atoms with Crippen LogP contribution in [0.1, 0.15) is 22.8 Å². The van der Waals surface area contributed by atoms with Gasteiger partial charge in [0.15, 0.2) is 0 Å². The van der Waals surface area contributed by atoms with Crippen molar-refractivity contribution in [3.8, 4) is 6.07 Å². The van der Waals surface area contributed by atoms with Crippen molar-refractivity contribution in [1.29, 1.82) is 5.26 Å². The number of hydrogen-bond acceptors (Lipinski definition) is 2. The highest BCUT2D eigenvalue weighted by atomic mass is 35.5. The molecule has 4 heteroatoms. The minimum Gasteiger partial charge on any atom is -0.384 e. The van der Waals surface area contributed by atoms with Crippen LogP contribution >= 0.6 is 11.6 Å². The van der Waals surface area contributed by atoms with Gasteiger partial charge in [0, 0.05) is 10.6 Å². The van der Waals surface area contributed by atoms with Crippen LogP contribution in [0, 0.1) is 17.1 Å². The Morgan fingerprint density at radius 2 is 2.00 bits per heavy atom. The number of nitriles is 1. The fraction of sp³-hybridized carbons (Fsp3) is 0.0714. The number of halogens is 2. The van der Waals surface area contributed by atoms with Crippen molar-refractivity contribution in [3.63, 3.8) is 0 Å². The van der Waals surface area contributed by atoms with Gasteiger partial charge in [-0.3, -0.25) is 0 Å². The maximum absolute atomic E-state index is 13.1.